The number of hydrogen-bond donors (Lipinski definition) is 1. The highest BCUT2D eigenvalue weighted by Gasteiger charge is 2.32. The second-order valence-corrected chi connectivity index (χ2v) is 3.89. The molecule has 0 aromatic heterocycles. The first-order valence-corrected chi connectivity index (χ1v) is 5.19. The molecule has 94 valence electrons. The Hall–Kier alpha value is -1.52. The largest absolute Gasteiger partial charge is 0.481 e. The van der Waals surface area contributed by atoms with Gasteiger partial charge in [0.15, 0.2) is 0 Å². The van der Waals surface area contributed by atoms with Gasteiger partial charge in [-0.2, -0.15) is 13.2 Å². The van der Waals surface area contributed by atoms with Crippen LogP contribution in [0.15, 0.2) is 18.2 Å². The fraction of sp³-hybridized carbons (Fsp3) is 0.417. The fourth-order valence-electron chi connectivity index (χ4n) is 1.57. The molecule has 0 fully saturated rings. The Kier molecular flexibility index (Phi) is 4.15. The number of carboxylic acids is 1. The average molecular weight is 246 g/mol. The minimum atomic E-state index is -4.35. The predicted molar refractivity (Wildman–Crippen MR) is 56.8 cm³/mol. The molecular formula is C12H13F3O2. The fourth-order valence-corrected chi connectivity index (χ4v) is 1.57. The van der Waals surface area contributed by atoms with E-state index in [2.05, 4.69) is 0 Å². The Morgan fingerprint density at radius 2 is 2.00 bits per heavy atom. The van der Waals surface area contributed by atoms with Crippen molar-refractivity contribution < 1.29 is 23.1 Å². The van der Waals surface area contributed by atoms with Crippen LogP contribution in [0.25, 0.3) is 0 Å². The van der Waals surface area contributed by atoms with Crippen LogP contribution in [0.1, 0.15) is 29.5 Å². The molecule has 1 rings (SSSR count). The van der Waals surface area contributed by atoms with Crippen LogP contribution in [0.4, 0.5) is 13.2 Å². The van der Waals surface area contributed by atoms with Crippen LogP contribution >= 0.6 is 0 Å². The number of halogens is 3. The quantitative estimate of drug-likeness (QED) is 0.883. The van der Waals surface area contributed by atoms with Crippen LogP contribution in [0.2, 0.25) is 0 Å². The Labute approximate surface area is 97.1 Å². The number of carbonyl (C=O) groups is 1. The van der Waals surface area contributed by atoms with E-state index < -0.39 is 17.7 Å². The summed E-state index contributed by atoms with van der Waals surface area (Å²) in [6, 6.07) is 4.11. The highest BCUT2D eigenvalue weighted by molar-refractivity contribution is 5.66. The summed E-state index contributed by atoms with van der Waals surface area (Å²) in [6.07, 6.45) is -3.70. The highest BCUT2D eigenvalue weighted by atomic mass is 19.4. The molecule has 0 atom stereocenters. The lowest BCUT2D eigenvalue weighted by Gasteiger charge is -2.11. The Morgan fingerprint density at radius 1 is 1.35 bits per heavy atom. The lowest BCUT2D eigenvalue weighted by molar-refractivity contribution is -0.138. The van der Waals surface area contributed by atoms with Crippen molar-refractivity contribution in [3.63, 3.8) is 0 Å². The highest BCUT2D eigenvalue weighted by Crippen LogP contribution is 2.32. The van der Waals surface area contributed by atoms with E-state index in [0.717, 1.165) is 6.07 Å². The lowest BCUT2D eigenvalue weighted by atomic mass is 10.0. The molecule has 0 spiro atoms. The molecule has 17 heavy (non-hydrogen) atoms. The van der Waals surface area contributed by atoms with E-state index in [-0.39, 0.29) is 12.0 Å². The van der Waals surface area contributed by atoms with Crippen molar-refractivity contribution >= 4 is 5.97 Å². The molecule has 0 radical (unpaired) electrons. The summed E-state index contributed by atoms with van der Waals surface area (Å²) < 4.78 is 37.8. The topological polar surface area (TPSA) is 37.3 Å². The molecule has 2 nitrogen and oxygen atoms in total. The van der Waals surface area contributed by atoms with Crippen molar-refractivity contribution in [3.05, 3.63) is 34.9 Å². The van der Waals surface area contributed by atoms with Gasteiger partial charge < -0.3 is 5.11 Å². The summed E-state index contributed by atoms with van der Waals surface area (Å²) in [6.45, 7) is 1.41. The van der Waals surface area contributed by atoms with Gasteiger partial charge in [0.1, 0.15) is 0 Å². The minimum absolute atomic E-state index is 0.0325. The zero-order valence-corrected chi connectivity index (χ0v) is 9.34. The summed E-state index contributed by atoms with van der Waals surface area (Å²) in [4.78, 5) is 10.3. The standard InChI is InChI=1S/C12H13F3O2/c1-8-5-6-9(3-2-4-11(16)17)7-10(8)12(13,14)15/h5-7H,2-4H2,1H3,(H,16,17). The Bertz CT molecular complexity index is 411. The molecule has 5 heteroatoms. The summed E-state index contributed by atoms with van der Waals surface area (Å²) in [5.41, 5.74) is 0.0500. The number of hydrogen-bond acceptors (Lipinski definition) is 1. The van der Waals surface area contributed by atoms with E-state index in [9.17, 15) is 18.0 Å². The Balaban J connectivity index is 2.79. The maximum atomic E-state index is 12.6. The van der Waals surface area contributed by atoms with Gasteiger partial charge in [0.05, 0.1) is 5.56 Å². The van der Waals surface area contributed by atoms with Crippen LogP contribution in [0.5, 0.6) is 0 Å². The van der Waals surface area contributed by atoms with E-state index in [1.807, 2.05) is 0 Å². The third-order valence-corrected chi connectivity index (χ3v) is 2.46. The van der Waals surface area contributed by atoms with Crippen LogP contribution in [0, 0.1) is 6.92 Å². The van der Waals surface area contributed by atoms with E-state index >= 15 is 0 Å². The smallest absolute Gasteiger partial charge is 0.416 e. The molecular weight excluding hydrogens is 233 g/mol. The first-order chi connectivity index (χ1) is 7.80. The number of alkyl halides is 3. The van der Waals surface area contributed by atoms with E-state index in [1.54, 1.807) is 6.07 Å². The van der Waals surface area contributed by atoms with E-state index in [1.165, 1.54) is 13.0 Å². The molecule has 0 saturated carbocycles. The maximum Gasteiger partial charge on any atom is 0.416 e. The minimum Gasteiger partial charge on any atom is -0.481 e. The first-order valence-electron chi connectivity index (χ1n) is 5.19. The summed E-state index contributed by atoms with van der Waals surface area (Å²) in [7, 11) is 0. The molecule has 1 aromatic rings. The van der Waals surface area contributed by atoms with Crippen molar-refractivity contribution in [2.75, 3.05) is 0 Å². The van der Waals surface area contributed by atoms with Gasteiger partial charge in [-0.3, -0.25) is 4.79 Å². The van der Waals surface area contributed by atoms with Gasteiger partial charge >= 0.3 is 12.1 Å². The van der Waals surface area contributed by atoms with Gasteiger partial charge in [-0.25, -0.2) is 0 Å². The van der Waals surface area contributed by atoms with E-state index in [4.69, 9.17) is 5.11 Å². The summed E-state index contributed by atoms with van der Waals surface area (Å²) in [5, 5.41) is 8.44. The van der Waals surface area contributed by atoms with Gasteiger partial charge in [0, 0.05) is 6.42 Å². The molecule has 1 aromatic carbocycles. The third-order valence-electron chi connectivity index (χ3n) is 2.46. The van der Waals surface area contributed by atoms with Crippen molar-refractivity contribution in [2.24, 2.45) is 0 Å². The number of aliphatic carboxylic acids is 1. The zero-order chi connectivity index (χ0) is 13.1. The maximum absolute atomic E-state index is 12.6. The number of carboxylic acid groups (broad SMARTS) is 1. The number of aryl methyl sites for hydroxylation is 2. The molecule has 0 aliphatic rings. The van der Waals surface area contributed by atoms with Gasteiger partial charge in [0.2, 0.25) is 0 Å². The van der Waals surface area contributed by atoms with Gasteiger partial charge in [-0.1, -0.05) is 12.1 Å². The van der Waals surface area contributed by atoms with Crippen molar-refractivity contribution in [1.82, 2.24) is 0 Å². The molecule has 0 bridgehead atoms. The number of rotatable bonds is 4. The molecule has 0 amide bonds. The molecule has 0 unspecified atom stereocenters. The molecule has 0 aliphatic carbocycles. The van der Waals surface area contributed by atoms with Crippen LogP contribution in [-0.4, -0.2) is 11.1 Å². The van der Waals surface area contributed by atoms with Gasteiger partial charge in [-0.15, -0.1) is 0 Å². The first kappa shape index (κ1) is 13.5. The van der Waals surface area contributed by atoms with Gasteiger partial charge in [-0.05, 0) is 37.0 Å². The third kappa shape index (κ3) is 4.09. The van der Waals surface area contributed by atoms with Crippen molar-refractivity contribution in [3.8, 4) is 0 Å². The zero-order valence-electron chi connectivity index (χ0n) is 9.34. The predicted octanol–water partition coefficient (Wildman–Crippen LogP) is 3.42. The van der Waals surface area contributed by atoms with Crippen molar-refractivity contribution in [2.45, 2.75) is 32.4 Å². The van der Waals surface area contributed by atoms with Crippen LogP contribution < -0.4 is 0 Å². The molecule has 0 heterocycles. The average Bonchev–Trinajstić information content (AvgIpc) is 2.18. The van der Waals surface area contributed by atoms with E-state index in [0.29, 0.717) is 18.4 Å². The molecule has 1 N–H and O–H groups in total. The monoisotopic (exact) mass is 246 g/mol. The van der Waals surface area contributed by atoms with Crippen LogP contribution in [-0.2, 0) is 17.4 Å². The second-order valence-electron chi connectivity index (χ2n) is 3.89. The second kappa shape index (κ2) is 5.21. The molecule has 0 aliphatic heterocycles. The Morgan fingerprint density at radius 3 is 2.53 bits per heavy atom. The van der Waals surface area contributed by atoms with Crippen LogP contribution in [0.3, 0.4) is 0 Å². The summed E-state index contributed by atoms with van der Waals surface area (Å²) in [5.74, 6) is -0.937. The lowest BCUT2D eigenvalue weighted by Crippen LogP contribution is -2.08. The van der Waals surface area contributed by atoms with Crippen molar-refractivity contribution in [1.29, 1.82) is 0 Å². The normalized spacial score (nSPS) is 11.5. The molecule has 0 saturated heterocycles. The summed E-state index contributed by atoms with van der Waals surface area (Å²) >= 11 is 0. The SMILES string of the molecule is Cc1ccc(CCCC(=O)O)cc1C(F)(F)F. The van der Waals surface area contributed by atoms with Gasteiger partial charge in [0.25, 0.3) is 0 Å². The number of benzene rings is 1.